The number of carbonyl (C=O) groups is 1. The lowest BCUT2D eigenvalue weighted by atomic mass is 10.0. The number of hydrogen-bond donors (Lipinski definition) is 1. The van der Waals surface area contributed by atoms with Gasteiger partial charge in [-0.1, -0.05) is 50.2 Å². The molecule has 156 valence electrons. The van der Waals surface area contributed by atoms with E-state index in [1.54, 1.807) is 18.2 Å². The number of carbonyl (C=O) groups excluding carboxylic acids is 1. The van der Waals surface area contributed by atoms with Crippen molar-refractivity contribution in [2.45, 2.75) is 45.7 Å². The predicted molar refractivity (Wildman–Crippen MR) is 116 cm³/mol. The Morgan fingerprint density at radius 2 is 1.60 bits per heavy atom. The Morgan fingerprint density at radius 1 is 0.967 bits per heavy atom. The van der Waals surface area contributed by atoms with Gasteiger partial charge in [-0.2, -0.15) is 5.10 Å². The fourth-order valence-corrected chi connectivity index (χ4v) is 3.16. The molecule has 0 aliphatic heterocycles. The Bertz CT molecular complexity index is 1060. The van der Waals surface area contributed by atoms with Gasteiger partial charge in [-0.3, -0.25) is 9.59 Å². The molecule has 2 aromatic carbocycles. The van der Waals surface area contributed by atoms with Crippen molar-refractivity contribution in [1.82, 2.24) is 15.1 Å². The summed E-state index contributed by atoms with van der Waals surface area (Å²) in [6, 6.07) is 17.0. The molecule has 5 nitrogen and oxygen atoms in total. The maximum Gasteiger partial charge on any atom is 0.266 e. The standard InChI is InChI=1S/C24H26FN3O2/c1-16(2)18-4-6-20(7-5-18)22-12-13-24(30)28(27-22)15-14-23(29)26-17(3)19-8-10-21(25)11-9-19/h4-13,16-17H,14-15H2,1-3H3,(H,26,29)/t17-/m0/s1. The van der Waals surface area contributed by atoms with Gasteiger partial charge in [0.25, 0.3) is 5.56 Å². The van der Waals surface area contributed by atoms with Crippen molar-refractivity contribution in [3.8, 4) is 11.3 Å². The smallest absolute Gasteiger partial charge is 0.266 e. The van der Waals surface area contributed by atoms with Crippen LogP contribution >= 0.6 is 0 Å². The van der Waals surface area contributed by atoms with Gasteiger partial charge in [-0.25, -0.2) is 9.07 Å². The van der Waals surface area contributed by atoms with E-state index < -0.39 is 0 Å². The highest BCUT2D eigenvalue weighted by atomic mass is 19.1. The first-order valence-corrected chi connectivity index (χ1v) is 10.1. The monoisotopic (exact) mass is 407 g/mol. The number of nitrogens with one attached hydrogen (secondary N) is 1. The summed E-state index contributed by atoms with van der Waals surface area (Å²) in [5.41, 5.74) is 3.40. The fraction of sp³-hybridized carbons (Fsp3) is 0.292. The molecule has 1 aromatic heterocycles. The van der Waals surface area contributed by atoms with Crippen LogP contribution in [0.25, 0.3) is 11.3 Å². The highest BCUT2D eigenvalue weighted by molar-refractivity contribution is 5.76. The van der Waals surface area contributed by atoms with E-state index in [9.17, 15) is 14.0 Å². The molecule has 1 atom stereocenters. The van der Waals surface area contributed by atoms with Gasteiger partial charge in [-0.05, 0) is 42.2 Å². The summed E-state index contributed by atoms with van der Waals surface area (Å²) in [6.45, 7) is 6.28. The molecule has 0 aliphatic carbocycles. The summed E-state index contributed by atoms with van der Waals surface area (Å²) < 4.78 is 14.4. The quantitative estimate of drug-likeness (QED) is 0.630. The highest BCUT2D eigenvalue weighted by Crippen LogP contribution is 2.20. The third kappa shape index (κ3) is 5.41. The van der Waals surface area contributed by atoms with Crippen LogP contribution in [0.1, 0.15) is 50.3 Å². The molecule has 0 fully saturated rings. The van der Waals surface area contributed by atoms with Crippen molar-refractivity contribution in [3.63, 3.8) is 0 Å². The SMILES string of the molecule is CC(C)c1ccc(-c2ccc(=O)n(CCC(=O)N[C@@H](C)c3ccc(F)cc3)n2)cc1. The minimum Gasteiger partial charge on any atom is -0.350 e. The van der Waals surface area contributed by atoms with Gasteiger partial charge in [0.15, 0.2) is 0 Å². The topological polar surface area (TPSA) is 64.0 Å². The van der Waals surface area contributed by atoms with Crippen molar-refractivity contribution in [3.05, 3.63) is 88.0 Å². The van der Waals surface area contributed by atoms with Gasteiger partial charge in [-0.15, -0.1) is 0 Å². The Balaban J connectivity index is 1.64. The molecule has 30 heavy (non-hydrogen) atoms. The number of aryl methyl sites for hydroxylation is 1. The first kappa shape index (κ1) is 21.4. The molecular formula is C24H26FN3O2. The van der Waals surface area contributed by atoms with Gasteiger partial charge in [0.2, 0.25) is 5.91 Å². The summed E-state index contributed by atoms with van der Waals surface area (Å²) in [5, 5.41) is 7.28. The number of rotatable bonds is 7. The van der Waals surface area contributed by atoms with Gasteiger partial charge >= 0.3 is 0 Å². The first-order valence-electron chi connectivity index (χ1n) is 10.1. The van der Waals surface area contributed by atoms with Crippen molar-refractivity contribution >= 4 is 5.91 Å². The van der Waals surface area contributed by atoms with E-state index in [0.717, 1.165) is 11.1 Å². The fourth-order valence-electron chi connectivity index (χ4n) is 3.16. The maximum absolute atomic E-state index is 13.0. The number of aromatic nitrogens is 2. The average Bonchev–Trinajstić information content (AvgIpc) is 2.73. The van der Waals surface area contributed by atoms with E-state index in [2.05, 4.69) is 36.4 Å². The molecule has 0 unspecified atom stereocenters. The van der Waals surface area contributed by atoms with Crippen LogP contribution in [0.3, 0.4) is 0 Å². The molecule has 1 heterocycles. The Labute approximate surface area is 175 Å². The molecule has 0 saturated carbocycles. The second-order valence-corrected chi connectivity index (χ2v) is 7.65. The van der Waals surface area contributed by atoms with E-state index in [-0.39, 0.29) is 36.3 Å². The number of nitrogens with zero attached hydrogens (tertiary/aromatic N) is 2. The molecule has 0 radical (unpaired) electrons. The molecule has 3 rings (SSSR count). The Kier molecular flexibility index (Phi) is 6.77. The van der Waals surface area contributed by atoms with E-state index in [0.29, 0.717) is 11.6 Å². The highest BCUT2D eigenvalue weighted by Gasteiger charge is 2.11. The van der Waals surface area contributed by atoms with Crippen LogP contribution in [0.5, 0.6) is 0 Å². The van der Waals surface area contributed by atoms with Crippen LogP contribution in [0.2, 0.25) is 0 Å². The number of halogens is 1. The molecule has 0 spiro atoms. The van der Waals surface area contributed by atoms with Gasteiger partial charge in [0.1, 0.15) is 5.82 Å². The molecular weight excluding hydrogens is 381 g/mol. The summed E-state index contributed by atoms with van der Waals surface area (Å²) in [4.78, 5) is 24.5. The van der Waals surface area contributed by atoms with Crippen molar-refractivity contribution < 1.29 is 9.18 Å². The largest absolute Gasteiger partial charge is 0.350 e. The van der Waals surface area contributed by atoms with Crippen LogP contribution in [-0.4, -0.2) is 15.7 Å². The van der Waals surface area contributed by atoms with E-state index in [1.165, 1.54) is 28.4 Å². The molecule has 0 bridgehead atoms. The third-order valence-electron chi connectivity index (χ3n) is 5.04. The molecule has 3 aromatic rings. The zero-order valence-corrected chi connectivity index (χ0v) is 17.4. The van der Waals surface area contributed by atoms with Crippen LogP contribution < -0.4 is 10.9 Å². The summed E-state index contributed by atoms with van der Waals surface area (Å²) >= 11 is 0. The van der Waals surface area contributed by atoms with Crippen LogP contribution in [-0.2, 0) is 11.3 Å². The van der Waals surface area contributed by atoms with Crippen molar-refractivity contribution in [1.29, 1.82) is 0 Å². The maximum atomic E-state index is 13.0. The lowest BCUT2D eigenvalue weighted by Gasteiger charge is -2.14. The second kappa shape index (κ2) is 9.48. The van der Waals surface area contributed by atoms with Crippen LogP contribution in [0.15, 0.2) is 65.5 Å². The Hall–Kier alpha value is -3.28. The van der Waals surface area contributed by atoms with Crippen molar-refractivity contribution in [2.75, 3.05) is 0 Å². The third-order valence-corrected chi connectivity index (χ3v) is 5.04. The number of benzene rings is 2. The lowest BCUT2D eigenvalue weighted by molar-refractivity contribution is -0.122. The van der Waals surface area contributed by atoms with E-state index in [4.69, 9.17) is 0 Å². The predicted octanol–water partition coefficient (Wildman–Crippen LogP) is 4.44. The Morgan fingerprint density at radius 3 is 2.23 bits per heavy atom. The van der Waals surface area contributed by atoms with Gasteiger partial charge in [0.05, 0.1) is 18.3 Å². The second-order valence-electron chi connectivity index (χ2n) is 7.65. The normalized spacial score (nSPS) is 12.0. The molecule has 1 N–H and O–H groups in total. The van der Waals surface area contributed by atoms with Crippen molar-refractivity contribution in [2.24, 2.45) is 0 Å². The number of amides is 1. The molecule has 0 saturated heterocycles. The zero-order valence-electron chi connectivity index (χ0n) is 17.4. The summed E-state index contributed by atoms with van der Waals surface area (Å²) in [5.74, 6) is -0.0783. The van der Waals surface area contributed by atoms with Gasteiger partial charge < -0.3 is 5.32 Å². The van der Waals surface area contributed by atoms with Crippen LogP contribution in [0.4, 0.5) is 4.39 Å². The molecule has 6 heteroatoms. The molecule has 1 amide bonds. The summed E-state index contributed by atoms with van der Waals surface area (Å²) in [6.07, 6.45) is 0.119. The van der Waals surface area contributed by atoms with Gasteiger partial charge in [0, 0.05) is 18.1 Å². The molecule has 0 aliphatic rings. The summed E-state index contributed by atoms with van der Waals surface area (Å²) in [7, 11) is 0. The minimum atomic E-state index is -0.318. The van der Waals surface area contributed by atoms with E-state index in [1.807, 2.05) is 19.1 Å². The first-order chi connectivity index (χ1) is 14.3. The zero-order chi connectivity index (χ0) is 21.7. The minimum absolute atomic E-state index is 0.119. The lowest BCUT2D eigenvalue weighted by Crippen LogP contribution is -2.30. The average molecular weight is 407 g/mol. The van der Waals surface area contributed by atoms with E-state index >= 15 is 0 Å². The number of hydrogen-bond acceptors (Lipinski definition) is 3. The van der Waals surface area contributed by atoms with Crippen LogP contribution in [0, 0.1) is 5.82 Å².